The van der Waals surface area contributed by atoms with Crippen LogP contribution in [0.2, 0.25) is 0 Å². The van der Waals surface area contributed by atoms with Crippen LogP contribution in [-0.2, 0) is 0 Å². The molecule has 0 bridgehead atoms. The van der Waals surface area contributed by atoms with E-state index in [4.69, 9.17) is 0 Å². The molecular weight excluding hydrogens is 171 g/mol. The number of alkyl halides is 2. The van der Waals surface area contributed by atoms with Crippen LogP contribution in [-0.4, -0.2) is 4.98 Å². The molecule has 0 fully saturated rings. The lowest BCUT2D eigenvalue weighted by atomic mass is 10.2. The molecule has 1 N–H and O–H groups in total. The van der Waals surface area contributed by atoms with Crippen LogP contribution in [0.1, 0.15) is 17.7 Å². The molecule has 2 nitrogen and oxygen atoms in total. The number of halogens is 3. The second-order valence-corrected chi connectivity index (χ2v) is 2.32. The first-order chi connectivity index (χ1) is 5.52. The smallest absolute Gasteiger partial charge is 0.269 e. The standard InChI is InChI=1S/C7H6F3NO/c1-3-6(7(9)10)4(12)2-5(8)11-3/h2,7H,1H3,(H,11,12). The Hall–Kier alpha value is -1.26. The van der Waals surface area contributed by atoms with Crippen molar-refractivity contribution in [2.45, 2.75) is 13.3 Å². The van der Waals surface area contributed by atoms with Crippen molar-refractivity contribution in [3.05, 3.63) is 33.5 Å². The highest BCUT2D eigenvalue weighted by Gasteiger charge is 2.15. The molecule has 0 aliphatic heterocycles. The second kappa shape index (κ2) is 3.00. The number of H-pyrrole nitrogens is 1. The van der Waals surface area contributed by atoms with Crippen molar-refractivity contribution in [3.63, 3.8) is 0 Å². The van der Waals surface area contributed by atoms with Gasteiger partial charge in [-0.3, -0.25) is 4.79 Å². The molecule has 0 unspecified atom stereocenters. The van der Waals surface area contributed by atoms with Crippen molar-refractivity contribution in [2.75, 3.05) is 0 Å². The molecule has 0 saturated carbocycles. The van der Waals surface area contributed by atoms with E-state index >= 15 is 0 Å². The molecule has 66 valence electrons. The average molecular weight is 177 g/mol. The minimum Gasteiger partial charge on any atom is -0.335 e. The largest absolute Gasteiger partial charge is 0.335 e. The number of pyridine rings is 1. The first-order valence-corrected chi connectivity index (χ1v) is 3.20. The third kappa shape index (κ3) is 1.49. The zero-order valence-electron chi connectivity index (χ0n) is 6.20. The van der Waals surface area contributed by atoms with Gasteiger partial charge in [0, 0.05) is 11.8 Å². The maximum absolute atomic E-state index is 12.4. The van der Waals surface area contributed by atoms with Crippen LogP contribution in [0.3, 0.4) is 0 Å². The number of hydrogen-bond acceptors (Lipinski definition) is 1. The number of rotatable bonds is 1. The van der Waals surface area contributed by atoms with Crippen LogP contribution in [0.4, 0.5) is 13.2 Å². The van der Waals surface area contributed by atoms with Crippen molar-refractivity contribution in [1.29, 1.82) is 0 Å². The molecule has 1 rings (SSSR count). The first kappa shape index (κ1) is 8.83. The molecule has 1 aromatic heterocycles. The zero-order valence-corrected chi connectivity index (χ0v) is 6.20. The summed E-state index contributed by atoms with van der Waals surface area (Å²) in [5.41, 5.74) is -1.77. The number of aromatic amines is 1. The van der Waals surface area contributed by atoms with Crippen LogP contribution >= 0.6 is 0 Å². The fraction of sp³-hybridized carbons (Fsp3) is 0.286. The third-order valence-corrected chi connectivity index (χ3v) is 1.45. The van der Waals surface area contributed by atoms with E-state index in [1.54, 1.807) is 0 Å². The monoisotopic (exact) mass is 177 g/mol. The van der Waals surface area contributed by atoms with E-state index in [9.17, 15) is 18.0 Å². The predicted octanol–water partition coefficient (Wildman–Crippen LogP) is 1.76. The molecule has 0 aliphatic rings. The topological polar surface area (TPSA) is 32.9 Å². The number of aromatic nitrogens is 1. The molecule has 5 heteroatoms. The van der Waals surface area contributed by atoms with Crippen LogP contribution in [0.5, 0.6) is 0 Å². The molecule has 0 aromatic carbocycles. The fourth-order valence-corrected chi connectivity index (χ4v) is 0.931. The van der Waals surface area contributed by atoms with Gasteiger partial charge in [0.2, 0.25) is 0 Å². The third-order valence-electron chi connectivity index (χ3n) is 1.45. The van der Waals surface area contributed by atoms with E-state index in [-0.39, 0.29) is 5.69 Å². The SMILES string of the molecule is Cc1[nH]c(F)cc(=O)c1C(F)F. The van der Waals surface area contributed by atoms with E-state index < -0.39 is 23.4 Å². The Labute approximate surface area is 66.0 Å². The Morgan fingerprint density at radius 1 is 1.50 bits per heavy atom. The minimum atomic E-state index is -2.87. The summed E-state index contributed by atoms with van der Waals surface area (Å²) in [4.78, 5) is 12.8. The zero-order chi connectivity index (χ0) is 9.30. The van der Waals surface area contributed by atoms with Gasteiger partial charge in [-0.2, -0.15) is 4.39 Å². The van der Waals surface area contributed by atoms with Gasteiger partial charge in [-0.05, 0) is 6.92 Å². The Morgan fingerprint density at radius 2 is 2.08 bits per heavy atom. The van der Waals surface area contributed by atoms with Crippen LogP contribution < -0.4 is 5.43 Å². The molecule has 0 radical (unpaired) electrons. The van der Waals surface area contributed by atoms with Crippen molar-refractivity contribution < 1.29 is 13.2 Å². The average Bonchev–Trinajstić information content (AvgIpc) is 1.82. The highest BCUT2D eigenvalue weighted by atomic mass is 19.3. The summed E-state index contributed by atoms with van der Waals surface area (Å²) in [6.07, 6.45) is -2.87. The molecule has 0 aliphatic carbocycles. The molecule has 0 saturated heterocycles. The lowest BCUT2D eigenvalue weighted by Crippen LogP contribution is -2.13. The Morgan fingerprint density at radius 3 is 2.50 bits per heavy atom. The van der Waals surface area contributed by atoms with Crippen molar-refractivity contribution in [1.82, 2.24) is 4.98 Å². The summed E-state index contributed by atoms with van der Waals surface area (Å²) >= 11 is 0. The van der Waals surface area contributed by atoms with E-state index in [0.29, 0.717) is 6.07 Å². The number of aryl methyl sites for hydroxylation is 1. The van der Waals surface area contributed by atoms with Gasteiger partial charge >= 0.3 is 0 Å². The molecule has 1 heterocycles. The Kier molecular flexibility index (Phi) is 2.21. The minimum absolute atomic E-state index is 0.130. The van der Waals surface area contributed by atoms with Gasteiger partial charge < -0.3 is 4.98 Å². The summed E-state index contributed by atoms with van der Waals surface area (Å²) in [5, 5.41) is 0. The second-order valence-electron chi connectivity index (χ2n) is 2.32. The summed E-state index contributed by atoms with van der Waals surface area (Å²) in [6.45, 7) is 1.23. The van der Waals surface area contributed by atoms with Gasteiger partial charge in [0.1, 0.15) is 0 Å². The van der Waals surface area contributed by atoms with Crippen LogP contribution in [0.15, 0.2) is 10.9 Å². The normalized spacial score (nSPS) is 10.8. The predicted molar refractivity (Wildman–Crippen MR) is 36.7 cm³/mol. The lowest BCUT2D eigenvalue weighted by molar-refractivity contribution is 0.148. The van der Waals surface area contributed by atoms with E-state index in [2.05, 4.69) is 0 Å². The van der Waals surface area contributed by atoms with Crippen molar-refractivity contribution >= 4 is 0 Å². The molecule has 0 amide bonds. The molecule has 1 aromatic rings. The number of hydrogen-bond donors (Lipinski definition) is 1. The van der Waals surface area contributed by atoms with Crippen LogP contribution in [0.25, 0.3) is 0 Å². The van der Waals surface area contributed by atoms with Crippen molar-refractivity contribution in [3.8, 4) is 0 Å². The first-order valence-electron chi connectivity index (χ1n) is 3.20. The molecule has 0 atom stereocenters. The fourth-order valence-electron chi connectivity index (χ4n) is 0.931. The van der Waals surface area contributed by atoms with Gasteiger partial charge in [0.05, 0.1) is 5.56 Å². The molecular formula is C7H6F3NO. The lowest BCUT2D eigenvalue weighted by Gasteiger charge is -2.02. The quantitative estimate of drug-likeness (QED) is 0.651. The van der Waals surface area contributed by atoms with Gasteiger partial charge in [0.25, 0.3) is 6.43 Å². The van der Waals surface area contributed by atoms with E-state index in [1.165, 1.54) is 6.92 Å². The van der Waals surface area contributed by atoms with E-state index in [1.807, 2.05) is 4.98 Å². The molecule has 0 spiro atoms. The van der Waals surface area contributed by atoms with Gasteiger partial charge in [0.15, 0.2) is 11.4 Å². The maximum Gasteiger partial charge on any atom is 0.269 e. The van der Waals surface area contributed by atoms with Crippen molar-refractivity contribution in [2.24, 2.45) is 0 Å². The highest BCUT2D eigenvalue weighted by molar-refractivity contribution is 5.20. The summed E-state index contributed by atoms with van der Waals surface area (Å²) in [6, 6.07) is 0.508. The van der Waals surface area contributed by atoms with Gasteiger partial charge in [-0.15, -0.1) is 0 Å². The Bertz CT molecular complexity index is 345. The molecule has 12 heavy (non-hydrogen) atoms. The van der Waals surface area contributed by atoms with Gasteiger partial charge in [-0.25, -0.2) is 8.78 Å². The van der Waals surface area contributed by atoms with Crippen LogP contribution in [0, 0.1) is 12.9 Å². The number of nitrogens with one attached hydrogen (secondary N) is 1. The van der Waals surface area contributed by atoms with Gasteiger partial charge in [-0.1, -0.05) is 0 Å². The summed E-state index contributed by atoms with van der Waals surface area (Å²) < 4.78 is 36.5. The summed E-state index contributed by atoms with van der Waals surface area (Å²) in [5.74, 6) is -0.901. The maximum atomic E-state index is 12.4. The highest BCUT2D eigenvalue weighted by Crippen LogP contribution is 2.16. The van der Waals surface area contributed by atoms with E-state index in [0.717, 1.165) is 0 Å². The Balaban J connectivity index is 3.39. The summed E-state index contributed by atoms with van der Waals surface area (Å²) in [7, 11) is 0.